The number of sulfonamides is 1. The summed E-state index contributed by atoms with van der Waals surface area (Å²) in [5.41, 5.74) is -4.36. The van der Waals surface area contributed by atoms with Crippen LogP contribution in [0.1, 0.15) is 25.5 Å². The smallest absolute Gasteiger partial charge is 0.469 e. The van der Waals surface area contributed by atoms with E-state index < -0.39 is 15.5 Å². The van der Waals surface area contributed by atoms with E-state index in [4.69, 9.17) is 4.42 Å². The number of nitrogens with zero attached hydrogens (tertiary/aromatic N) is 2. The SMILES string of the molecule is C=C(C)CN=C(NCCc1ccco1)NCC1CCN(S(=O)(=O)C(F)(F)F)CC1. The highest BCUT2D eigenvalue weighted by molar-refractivity contribution is 7.90. The number of aliphatic imine (C=N–C) groups is 1. The number of alkyl halides is 3. The van der Waals surface area contributed by atoms with Gasteiger partial charge in [-0.05, 0) is 37.8 Å². The summed E-state index contributed by atoms with van der Waals surface area (Å²) >= 11 is 0. The van der Waals surface area contributed by atoms with E-state index in [2.05, 4.69) is 22.2 Å². The maximum atomic E-state index is 12.7. The molecule has 2 heterocycles. The minimum Gasteiger partial charge on any atom is -0.469 e. The third kappa shape index (κ3) is 7.07. The van der Waals surface area contributed by atoms with Gasteiger partial charge in [0.25, 0.3) is 0 Å². The van der Waals surface area contributed by atoms with Crippen molar-refractivity contribution in [2.45, 2.75) is 31.7 Å². The molecule has 11 heteroatoms. The molecule has 2 N–H and O–H groups in total. The maximum absolute atomic E-state index is 12.7. The molecule has 1 fully saturated rings. The van der Waals surface area contributed by atoms with E-state index in [0.717, 1.165) is 11.3 Å². The summed E-state index contributed by atoms with van der Waals surface area (Å²) in [4.78, 5) is 4.42. The first-order valence-corrected chi connectivity index (χ1v) is 10.8. The summed E-state index contributed by atoms with van der Waals surface area (Å²) < 4.78 is 66.7. The molecule has 0 radical (unpaired) electrons. The normalized spacial score (nSPS) is 17.3. The highest BCUT2D eigenvalue weighted by Crippen LogP contribution is 2.30. The third-order valence-electron chi connectivity index (χ3n) is 4.52. The van der Waals surface area contributed by atoms with Crippen molar-refractivity contribution in [3.63, 3.8) is 0 Å². The molecule has 0 unspecified atom stereocenters. The molecule has 1 aromatic rings. The lowest BCUT2D eigenvalue weighted by Crippen LogP contribution is -2.47. The molecule has 1 aliphatic heterocycles. The van der Waals surface area contributed by atoms with Crippen LogP contribution in [0, 0.1) is 5.92 Å². The first-order valence-electron chi connectivity index (χ1n) is 9.35. The number of piperidine rings is 1. The van der Waals surface area contributed by atoms with Gasteiger partial charge in [-0.2, -0.15) is 17.5 Å². The Morgan fingerprint density at radius 1 is 1.34 bits per heavy atom. The molecule has 0 bridgehead atoms. The van der Waals surface area contributed by atoms with E-state index >= 15 is 0 Å². The second-order valence-electron chi connectivity index (χ2n) is 7.05. The van der Waals surface area contributed by atoms with Crippen molar-refractivity contribution < 1.29 is 26.0 Å². The molecule has 0 saturated carbocycles. The van der Waals surface area contributed by atoms with Gasteiger partial charge in [0.1, 0.15) is 5.76 Å². The number of hydrogen-bond donors (Lipinski definition) is 2. The predicted molar refractivity (Wildman–Crippen MR) is 105 cm³/mol. The molecular formula is C18H27F3N4O3S. The quantitative estimate of drug-likeness (QED) is 0.372. The Labute approximate surface area is 169 Å². The van der Waals surface area contributed by atoms with Crippen LogP contribution in [0.2, 0.25) is 0 Å². The molecule has 1 saturated heterocycles. The molecule has 0 spiro atoms. The van der Waals surface area contributed by atoms with Crippen molar-refractivity contribution in [1.82, 2.24) is 14.9 Å². The van der Waals surface area contributed by atoms with Gasteiger partial charge in [0.05, 0.1) is 12.8 Å². The van der Waals surface area contributed by atoms with Crippen LogP contribution in [0.15, 0.2) is 40.0 Å². The van der Waals surface area contributed by atoms with Crippen LogP contribution in [0.5, 0.6) is 0 Å². The fourth-order valence-corrected chi connectivity index (χ4v) is 3.87. The number of nitrogens with one attached hydrogen (secondary N) is 2. The lowest BCUT2D eigenvalue weighted by Gasteiger charge is -2.31. The van der Waals surface area contributed by atoms with Crippen LogP contribution in [0.25, 0.3) is 0 Å². The monoisotopic (exact) mass is 436 g/mol. The number of guanidine groups is 1. The Balaban J connectivity index is 1.82. The van der Waals surface area contributed by atoms with Gasteiger partial charge >= 0.3 is 15.5 Å². The van der Waals surface area contributed by atoms with E-state index in [1.165, 1.54) is 0 Å². The van der Waals surface area contributed by atoms with Gasteiger partial charge in [0.2, 0.25) is 0 Å². The van der Waals surface area contributed by atoms with Crippen molar-refractivity contribution in [3.8, 4) is 0 Å². The van der Waals surface area contributed by atoms with Gasteiger partial charge in [-0.25, -0.2) is 13.4 Å². The van der Waals surface area contributed by atoms with E-state index in [0.29, 0.717) is 49.2 Å². The number of furan rings is 1. The van der Waals surface area contributed by atoms with Gasteiger partial charge in [0.15, 0.2) is 5.96 Å². The van der Waals surface area contributed by atoms with Crippen LogP contribution >= 0.6 is 0 Å². The van der Waals surface area contributed by atoms with Crippen molar-refractivity contribution in [3.05, 3.63) is 36.3 Å². The van der Waals surface area contributed by atoms with Crippen molar-refractivity contribution in [2.75, 3.05) is 32.7 Å². The molecule has 0 amide bonds. The molecule has 2 rings (SSSR count). The van der Waals surface area contributed by atoms with E-state index in [-0.39, 0.29) is 19.0 Å². The van der Waals surface area contributed by atoms with Gasteiger partial charge < -0.3 is 15.1 Å². The minimum atomic E-state index is -5.25. The van der Waals surface area contributed by atoms with Crippen LogP contribution < -0.4 is 10.6 Å². The van der Waals surface area contributed by atoms with Crippen LogP contribution in [0.4, 0.5) is 13.2 Å². The maximum Gasteiger partial charge on any atom is 0.511 e. The lowest BCUT2D eigenvalue weighted by atomic mass is 9.98. The standard InChI is InChI=1S/C18H27F3N4O3S/c1-14(2)12-23-17(22-8-5-16-4-3-11-28-16)24-13-15-6-9-25(10-7-15)29(26,27)18(19,20)21/h3-4,11,15H,1,5-10,12-13H2,2H3,(H2,22,23,24). The Morgan fingerprint density at radius 3 is 2.59 bits per heavy atom. The average Bonchev–Trinajstić information content (AvgIpc) is 3.16. The van der Waals surface area contributed by atoms with Gasteiger partial charge in [-0.1, -0.05) is 12.2 Å². The van der Waals surface area contributed by atoms with E-state index in [1.54, 1.807) is 6.26 Å². The van der Waals surface area contributed by atoms with Crippen molar-refractivity contribution in [2.24, 2.45) is 10.9 Å². The number of halogens is 3. The minimum absolute atomic E-state index is 0.0524. The van der Waals surface area contributed by atoms with E-state index in [9.17, 15) is 21.6 Å². The fourth-order valence-electron chi connectivity index (χ4n) is 2.89. The van der Waals surface area contributed by atoms with Crippen LogP contribution in [-0.4, -0.2) is 56.9 Å². The second-order valence-corrected chi connectivity index (χ2v) is 8.98. The molecule has 29 heavy (non-hydrogen) atoms. The van der Waals surface area contributed by atoms with E-state index in [1.807, 2.05) is 19.1 Å². The van der Waals surface area contributed by atoms with Crippen molar-refractivity contribution in [1.29, 1.82) is 0 Å². The summed E-state index contributed by atoms with van der Waals surface area (Å²) in [6.07, 6.45) is 2.98. The Bertz CT molecular complexity index is 784. The lowest BCUT2D eigenvalue weighted by molar-refractivity contribution is -0.0496. The summed E-state index contributed by atoms with van der Waals surface area (Å²) in [6.45, 7) is 6.92. The zero-order valence-corrected chi connectivity index (χ0v) is 17.2. The van der Waals surface area contributed by atoms with Gasteiger partial charge in [-0.3, -0.25) is 0 Å². The second kappa shape index (κ2) is 10.1. The van der Waals surface area contributed by atoms with Crippen LogP contribution in [-0.2, 0) is 16.4 Å². The molecular weight excluding hydrogens is 409 g/mol. The summed E-state index contributed by atoms with van der Waals surface area (Å²) in [7, 11) is -5.25. The first-order chi connectivity index (χ1) is 13.6. The molecule has 0 atom stereocenters. The fraction of sp³-hybridized carbons (Fsp3) is 0.611. The summed E-state index contributed by atoms with van der Waals surface area (Å²) in [5.74, 6) is 1.47. The third-order valence-corrected chi connectivity index (χ3v) is 6.15. The molecule has 1 aliphatic rings. The molecule has 1 aromatic heterocycles. The Kier molecular flexibility index (Phi) is 8.14. The van der Waals surface area contributed by atoms with Crippen molar-refractivity contribution >= 4 is 16.0 Å². The molecule has 164 valence electrons. The highest BCUT2D eigenvalue weighted by Gasteiger charge is 2.50. The molecule has 7 nitrogen and oxygen atoms in total. The predicted octanol–water partition coefficient (Wildman–Crippen LogP) is 2.50. The van der Waals surface area contributed by atoms with Crippen LogP contribution in [0.3, 0.4) is 0 Å². The number of rotatable bonds is 8. The first kappa shape index (κ1) is 23.3. The Hall–Kier alpha value is -2.01. The summed E-state index contributed by atoms with van der Waals surface area (Å²) in [5, 5.41) is 6.37. The highest BCUT2D eigenvalue weighted by atomic mass is 32.2. The van der Waals surface area contributed by atoms with Gasteiger partial charge in [0, 0.05) is 32.6 Å². The zero-order valence-electron chi connectivity index (χ0n) is 16.3. The largest absolute Gasteiger partial charge is 0.511 e. The topological polar surface area (TPSA) is 86.9 Å². The zero-order chi connectivity index (χ0) is 21.5. The Morgan fingerprint density at radius 2 is 2.03 bits per heavy atom. The molecule has 0 aliphatic carbocycles. The molecule has 0 aromatic carbocycles. The average molecular weight is 437 g/mol. The number of hydrogen-bond acceptors (Lipinski definition) is 4. The summed E-state index contributed by atoms with van der Waals surface area (Å²) in [6, 6.07) is 3.69. The van der Waals surface area contributed by atoms with Gasteiger partial charge in [-0.15, -0.1) is 0 Å².